The van der Waals surface area contributed by atoms with E-state index in [0.717, 1.165) is 39.0 Å². The largest absolute Gasteiger partial charge is 0.456 e. The van der Waals surface area contributed by atoms with Crippen LogP contribution >= 0.6 is 11.3 Å². The smallest absolute Gasteiger partial charge is 0.137 e. The van der Waals surface area contributed by atoms with Crippen LogP contribution in [0.5, 0.6) is 0 Å². The fourth-order valence-electron chi connectivity index (χ4n) is 9.64. The molecule has 0 amide bonds. The van der Waals surface area contributed by atoms with Crippen LogP contribution in [0.25, 0.3) is 64.4 Å². The zero-order valence-electron chi connectivity index (χ0n) is 31.5. The fraction of sp³-hybridized carbons (Fsp3) is 0.0182. The summed E-state index contributed by atoms with van der Waals surface area (Å²) in [6.07, 6.45) is 0. The molecular formula is C55H35NOS. The molecule has 0 N–H and O–H groups in total. The van der Waals surface area contributed by atoms with E-state index in [9.17, 15) is 0 Å². The molecule has 0 radical (unpaired) electrons. The van der Waals surface area contributed by atoms with Crippen molar-refractivity contribution in [3.63, 3.8) is 0 Å². The zero-order chi connectivity index (χ0) is 38.2. The Morgan fingerprint density at radius 2 is 1.03 bits per heavy atom. The molecule has 1 aliphatic carbocycles. The van der Waals surface area contributed by atoms with Gasteiger partial charge in [0.1, 0.15) is 11.2 Å². The van der Waals surface area contributed by atoms with Crippen LogP contribution in [0.4, 0.5) is 17.1 Å². The lowest BCUT2D eigenvalue weighted by molar-refractivity contribution is 0.666. The summed E-state index contributed by atoms with van der Waals surface area (Å²) >= 11 is 1.85. The number of nitrogens with zero attached hydrogens (tertiary/aromatic N) is 1. The lowest BCUT2D eigenvalue weighted by atomic mass is 9.67. The predicted molar refractivity (Wildman–Crippen MR) is 244 cm³/mol. The van der Waals surface area contributed by atoms with Crippen molar-refractivity contribution in [3.8, 4) is 22.3 Å². The van der Waals surface area contributed by atoms with Crippen LogP contribution in [0, 0.1) is 0 Å². The number of fused-ring (bicyclic) bond motifs is 9. The van der Waals surface area contributed by atoms with E-state index in [1.807, 2.05) is 11.3 Å². The first-order chi connectivity index (χ1) is 28.8. The van der Waals surface area contributed by atoms with Gasteiger partial charge in [-0.1, -0.05) is 152 Å². The highest BCUT2D eigenvalue weighted by Gasteiger charge is 2.46. The van der Waals surface area contributed by atoms with Crippen molar-refractivity contribution in [2.24, 2.45) is 0 Å². The monoisotopic (exact) mass is 757 g/mol. The second-order valence-electron chi connectivity index (χ2n) is 15.2. The quantitative estimate of drug-likeness (QED) is 0.168. The first kappa shape index (κ1) is 33.0. The van der Waals surface area contributed by atoms with Crippen molar-refractivity contribution in [2.75, 3.05) is 4.90 Å². The summed E-state index contributed by atoms with van der Waals surface area (Å²) < 4.78 is 9.55. The minimum absolute atomic E-state index is 0.504. The topological polar surface area (TPSA) is 16.4 Å². The number of rotatable bonds is 6. The van der Waals surface area contributed by atoms with Crippen molar-refractivity contribution in [3.05, 3.63) is 235 Å². The van der Waals surface area contributed by atoms with Crippen molar-refractivity contribution in [1.82, 2.24) is 0 Å². The van der Waals surface area contributed by atoms with E-state index in [-0.39, 0.29) is 0 Å². The molecule has 0 unspecified atom stereocenters. The van der Waals surface area contributed by atoms with E-state index >= 15 is 0 Å². The van der Waals surface area contributed by atoms with Gasteiger partial charge in [0.25, 0.3) is 0 Å². The summed E-state index contributed by atoms with van der Waals surface area (Å²) in [6.45, 7) is 0. The number of furan rings is 1. The molecular weight excluding hydrogens is 723 g/mol. The Balaban J connectivity index is 1.12. The van der Waals surface area contributed by atoms with Crippen LogP contribution in [0.2, 0.25) is 0 Å². The number of benzene rings is 9. The van der Waals surface area contributed by atoms with E-state index in [4.69, 9.17) is 4.42 Å². The van der Waals surface area contributed by atoms with E-state index < -0.39 is 5.41 Å². The summed E-state index contributed by atoms with van der Waals surface area (Å²) in [5, 5.41) is 4.74. The molecule has 9 aromatic carbocycles. The fourth-order valence-corrected chi connectivity index (χ4v) is 10.7. The average Bonchev–Trinajstić information content (AvgIpc) is 3.95. The Morgan fingerprint density at radius 1 is 0.397 bits per heavy atom. The molecule has 272 valence electrons. The number of hydrogen-bond acceptors (Lipinski definition) is 3. The molecule has 2 nitrogen and oxygen atoms in total. The molecule has 58 heavy (non-hydrogen) atoms. The number of thiophene rings is 1. The van der Waals surface area contributed by atoms with Gasteiger partial charge in [-0.2, -0.15) is 0 Å². The van der Waals surface area contributed by atoms with Gasteiger partial charge in [0, 0.05) is 36.9 Å². The summed E-state index contributed by atoms with van der Waals surface area (Å²) in [6, 6.07) is 77.3. The first-order valence-corrected chi connectivity index (χ1v) is 20.6. The van der Waals surface area contributed by atoms with Crippen LogP contribution in [-0.2, 0) is 5.41 Å². The summed E-state index contributed by atoms with van der Waals surface area (Å²) in [5.41, 5.74) is 14.4. The standard InChI is InChI=1S/C55H35NOS/c1-4-15-36(16-5-1)37-27-29-40(30-28-37)56(41-31-32-53-45(33-41)43-22-11-13-26-52(43)58-53)49-24-14-25-50-54(49)46-34-44-42-21-10-12-23-47(42)55(38-17-6-2-7-18-38,39-19-8-3-9-20-39)48(44)35-51(46)57-50/h1-35H. The van der Waals surface area contributed by atoms with Gasteiger partial charge in [0.15, 0.2) is 0 Å². The lowest BCUT2D eigenvalue weighted by Gasteiger charge is -2.33. The maximum absolute atomic E-state index is 6.97. The maximum atomic E-state index is 6.97. The maximum Gasteiger partial charge on any atom is 0.137 e. The third kappa shape index (κ3) is 4.84. The third-order valence-electron chi connectivity index (χ3n) is 12.1. The molecule has 2 heterocycles. The Bertz CT molecular complexity index is 3290. The van der Waals surface area contributed by atoms with Crippen LogP contribution in [0.15, 0.2) is 217 Å². The molecule has 0 aliphatic heterocycles. The second kappa shape index (κ2) is 12.9. The van der Waals surface area contributed by atoms with Gasteiger partial charge < -0.3 is 9.32 Å². The molecule has 0 atom stereocenters. The van der Waals surface area contributed by atoms with Crippen molar-refractivity contribution in [1.29, 1.82) is 0 Å². The first-order valence-electron chi connectivity index (χ1n) is 19.8. The molecule has 0 bridgehead atoms. The molecule has 0 saturated heterocycles. The zero-order valence-corrected chi connectivity index (χ0v) is 32.3. The minimum atomic E-state index is -0.504. The Morgan fingerprint density at radius 3 is 1.81 bits per heavy atom. The highest BCUT2D eigenvalue weighted by Crippen LogP contribution is 2.58. The van der Waals surface area contributed by atoms with Crippen LogP contribution in [-0.4, -0.2) is 0 Å². The Hall–Kier alpha value is -7.20. The molecule has 11 aromatic rings. The Labute approximate surface area is 340 Å². The normalized spacial score (nSPS) is 13.0. The van der Waals surface area contributed by atoms with Gasteiger partial charge >= 0.3 is 0 Å². The summed E-state index contributed by atoms with van der Waals surface area (Å²) in [4.78, 5) is 2.41. The number of hydrogen-bond donors (Lipinski definition) is 0. The van der Waals surface area contributed by atoms with Crippen LogP contribution < -0.4 is 4.90 Å². The van der Waals surface area contributed by atoms with Gasteiger partial charge in [0.2, 0.25) is 0 Å². The SMILES string of the molecule is c1ccc(-c2ccc(N(c3ccc4sc5ccccc5c4c3)c3cccc4oc5cc6c(cc5c34)-c3ccccc3C6(c3ccccc3)c3ccccc3)cc2)cc1. The molecule has 0 saturated carbocycles. The second-order valence-corrected chi connectivity index (χ2v) is 16.3. The van der Waals surface area contributed by atoms with Crippen LogP contribution in [0.3, 0.4) is 0 Å². The highest BCUT2D eigenvalue weighted by molar-refractivity contribution is 7.25. The summed E-state index contributed by atoms with van der Waals surface area (Å²) in [7, 11) is 0. The van der Waals surface area contributed by atoms with Gasteiger partial charge in [-0.25, -0.2) is 0 Å². The lowest BCUT2D eigenvalue weighted by Crippen LogP contribution is -2.28. The van der Waals surface area contributed by atoms with Gasteiger partial charge in [-0.05, 0) is 105 Å². The summed E-state index contributed by atoms with van der Waals surface area (Å²) in [5.74, 6) is 0. The number of anilines is 3. The van der Waals surface area contributed by atoms with Crippen molar-refractivity contribution < 1.29 is 4.42 Å². The third-order valence-corrected chi connectivity index (χ3v) is 13.3. The van der Waals surface area contributed by atoms with Gasteiger partial charge in [0.05, 0.1) is 16.5 Å². The van der Waals surface area contributed by atoms with E-state index in [1.54, 1.807) is 0 Å². The van der Waals surface area contributed by atoms with E-state index in [1.165, 1.54) is 64.7 Å². The molecule has 1 aliphatic rings. The van der Waals surface area contributed by atoms with Gasteiger partial charge in [-0.3, -0.25) is 0 Å². The van der Waals surface area contributed by atoms with Crippen molar-refractivity contribution >= 4 is 70.5 Å². The van der Waals surface area contributed by atoms with E-state index in [2.05, 4.69) is 217 Å². The average molecular weight is 758 g/mol. The van der Waals surface area contributed by atoms with E-state index in [0.29, 0.717) is 0 Å². The minimum Gasteiger partial charge on any atom is -0.456 e. The molecule has 0 spiro atoms. The molecule has 3 heteroatoms. The molecule has 12 rings (SSSR count). The highest BCUT2D eigenvalue weighted by atomic mass is 32.1. The predicted octanol–water partition coefficient (Wildman–Crippen LogP) is 15.5. The van der Waals surface area contributed by atoms with Crippen molar-refractivity contribution in [2.45, 2.75) is 5.41 Å². The van der Waals surface area contributed by atoms with Crippen LogP contribution in [0.1, 0.15) is 22.3 Å². The van der Waals surface area contributed by atoms with Gasteiger partial charge in [-0.15, -0.1) is 11.3 Å². The Kier molecular flexibility index (Phi) is 7.35. The molecule has 0 fully saturated rings. The molecule has 2 aromatic heterocycles.